The van der Waals surface area contributed by atoms with Gasteiger partial charge in [-0.2, -0.15) is 5.10 Å². The predicted octanol–water partition coefficient (Wildman–Crippen LogP) is 3.38. The Balaban J connectivity index is 2.10. The van der Waals surface area contributed by atoms with Crippen LogP contribution in [0.3, 0.4) is 0 Å². The molecule has 0 unspecified atom stereocenters. The van der Waals surface area contributed by atoms with Gasteiger partial charge in [0, 0.05) is 16.0 Å². The lowest BCUT2D eigenvalue weighted by Gasteiger charge is -2.10. The fraction of sp³-hybridized carbons (Fsp3) is 0.188. The Morgan fingerprint density at radius 3 is 2.82 bits per heavy atom. The van der Waals surface area contributed by atoms with Gasteiger partial charge in [0.1, 0.15) is 11.6 Å². The van der Waals surface area contributed by atoms with Crippen LogP contribution in [0.2, 0.25) is 5.02 Å². The molecule has 0 spiro atoms. The molecule has 6 heteroatoms. The molecule has 0 amide bonds. The van der Waals surface area contributed by atoms with Crippen LogP contribution in [0.25, 0.3) is 10.9 Å². The summed E-state index contributed by atoms with van der Waals surface area (Å²) in [6.07, 6.45) is 0. The van der Waals surface area contributed by atoms with Crippen molar-refractivity contribution in [2.45, 2.75) is 13.2 Å². The highest BCUT2D eigenvalue weighted by Gasteiger charge is 2.13. The van der Waals surface area contributed by atoms with E-state index in [1.54, 1.807) is 36.1 Å². The van der Waals surface area contributed by atoms with Gasteiger partial charge >= 0.3 is 0 Å². The van der Waals surface area contributed by atoms with E-state index in [9.17, 15) is 9.50 Å². The highest BCUT2D eigenvalue weighted by atomic mass is 35.5. The van der Waals surface area contributed by atoms with E-state index in [2.05, 4.69) is 5.10 Å². The maximum atomic E-state index is 13.4. The van der Waals surface area contributed by atoms with Gasteiger partial charge in [0.15, 0.2) is 0 Å². The molecular weight excluding hydrogens is 307 g/mol. The molecule has 3 rings (SSSR count). The highest BCUT2D eigenvalue weighted by Crippen LogP contribution is 2.26. The second-order valence-corrected chi connectivity index (χ2v) is 5.32. The van der Waals surface area contributed by atoms with Crippen molar-refractivity contribution in [3.05, 3.63) is 58.5 Å². The summed E-state index contributed by atoms with van der Waals surface area (Å²) in [5.74, 6) is 0.336. The standard InChI is InChI=1S/C16H14ClFN2O2/c1-22-16-5-2-11(17)6-10(16)8-20-15-4-3-12(18)7-13(15)14(9-21)19-20/h2-7,21H,8-9H2,1H3. The number of benzene rings is 2. The molecule has 2 aromatic carbocycles. The average molecular weight is 321 g/mol. The molecule has 0 radical (unpaired) electrons. The summed E-state index contributed by atoms with van der Waals surface area (Å²) >= 11 is 6.04. The van der Waals surface area contributed by atoms with Crippen molar-refractivity contribution < 1.29 is 14.2 Å². The number of hydrogen-bond acceptors (Lipinski definition) is 3. The number of aliphatic hydroxyl groups is 1. The van der Waals surface area contributed by atoms with Crippen molar-refractivity contribution in [3.8, 4) is 5.75 Å². The first kappa shape index (κ1) is 14.8. The van der Waals surface area contributed by atoms with Gasteiger partial charge < -0.3 is 9.84 Å². The van der Waals surface area contributed by atoms with Crippen molar-refractivity contribution in [1.29, 1.82) is 0 Å². The molecule has 1 N–H and O–H groups in total. The number of aromatic nitrogens is 2. The number of ether oxygens (including phenoxy) is 1. The minimum absolute atomic E-state index is 0.250. The number of hydrogen-bond donors (Lipinski definition) is 1. The highest BCUT2D eigenvalue weighted by molar-refractivity contribution is 6.30. The average Bonchev–Trinajstić information content (AvgIpc) is 2.84. The molecule has 3 aromatic rings. The number of nitrogens with zero attached hydrogens (tertiary/aromatic N) is 2. The van der Waals surface area contributed by atoms with Crippen LogP contribution in [0.4, 0.5) is 4.39 Å². The number of rotatable bonds is 4. The quantitative estimate of drug-likeness (QED) is 0.801. The minimum atomic E-state index is -0.359. The zero-order valence-electron chi connectivity index (χ0n) is 11.9. The number of aliphatic hydroxyl groups excluding tert-OH is 1. The van der Waals surface area contributed by atoms with Gasteiger partial charge in [0.2, 0.25) is 0 Å². The van der Waals surface area contributed by atoms with E-state index < -0.39 is 0 Å². The summed E-state index contributed by atoms with van der Waals surface area (Å²) in [6.45, 7) is 0.158. The van der Waals surface area contributed by atoms with E-state index >= 15 is 0 Å². The third-order valence-electron chi connectivity index (χ3n) is 3.50. The van der Waals surface area contributed by atoms with Crippen LogP contribution in [-0.4, -0.2) is 22.0 Å². The minimum Gasteiger partial charge on any atom is -0.496 e. The Morgan fingerprint density at radius 1 is 1.27 bits per heavy atom. The van der Waals surface area contributed by atoms with Gasteiger partial charge in [-0.15, -0.1) is 0 Å². The van der Waals surface area contributed by atoms with Crippen molar-refractivity contribution in [2.24, 2.45) is 0 Å². The van der Waals surface area contributed by atoms with Crippen LogP contribution in [0, 0.1) is 5.82 Å². The summed E-state index contributed by atoms with van der Waals surface area (Å²) in [5, 5.41) is 15.0. The Labute approximate surface area is 131 Å². The predicted molar refractivity (Wildman–Crippen MR) is 82.7 cm³/mol. The summed E-state index contributed by atoms with van der Waals surface area (Å²) in [7, 11) is 1.59. The normalized spacial score (nSPS) is 11.1. The second-order valence-electron chi connectivity index (χ2n) is 4.88. The molecule has 22 heavy (non-hydrogen) atoms. The smallest absolute Gasteiger partial charge is 0.124 e. The van der Waals surface area contributed by atoms with Crippen LogP contribution in [0.5, 0.6) is 5.75 Å². The zero-order valence-corrected chi connectivity index (χ0v) is 12.6. The van der Waals surface area contributed by atoms with E-state index in [-0.39, 0.29) is 12.4 Å². The SMILES string of the molecule is COc1ccc(Cl)cc1Cn1nc(CO)c2cc(F)ccc21. The van der Waals surface area contributed by atoms with Crippen LogP contribution in [0.1, 0.15) is 11.3 Å². The Hall–Kier alpha value is -2.11. The van der Waals surface area contributed by atoms with Crippen molar-refractivity contribution in [1.82, 2.24) is 9.78 Å². The Kier molecular flexibility index (Phi) is 4.00. The topological polar surface area (TPSA) is 47.3 Å². The molecule has 0 aliphatic heterocycles. The number of halogens is 2. The summed E-state index contributed by atoms with van der Waals surface area (Å²) in [5.41, 5.74) is 2.04. The Morgan fingerprint density at radius 2 is 2.09 bits per heavy atom. The maximum absolute atomic E-state index is 13.4. The first-order valence-corrected chi connectivity index (χ1v) is 7.08. The molecular formula is C16H14ClFN2O2. The third-order valence-corrected chi connectivity index (χ3v) is 3.74. The first-order valence-electron chi connectivity index (χ1n) is 6.70. The van der Waals surface area contributed by atoms with E-state index in [0.29, 0.717) is 28.4 Å². The van der Waals surface area contributed by atoms with Gasteiger partial charge in [-0.05, 0) is 36.4 Å². The van der Waals surface area contributed by atoms with E-state index in [0.717, 1.165) is 11.1 Å². The zero-order chi connectivity index (χ0) is 15.7. The molecule has 114 valence electrons. The number of fused-ring (bicyclic) bond motifs is 1. The molecule has 0 fully saturated rings. The van der Waals surface area contributed by atoms with E-state index in [4.69, 9.17) is 16.3 Å². The van der Waals surface area contributed by atoms with Gasteiger partial charge in [-0.1, -0.05) is 11.6 Å². The second kappa shape index (κ2) is 5.94. The van der Waals surface area contributed by atoms with Crippen LogP contribution in [-0.2, 0) is 13.2 Å². The first-order chi connectivity index (χ1) is 10.6. The van der Waals surface area contributed by atoms with Crippen molar-refractivity contribution in [3.63, 3.8) is 0 Å². The molecule has 1 aromatic heterocycles. The van der Waals surface area contributed by atoms with Crippen LogP contribution < -0.4 is 4.74 Å². The monoisotopic (exact) mass is 320 g/mol. The van der Waals surface area contributed by atoms with Crippen LogP contribution in [0.15, 0.2) is 36.4 Å². The number of methoxy groups -OCH3 is 1. The lowest BCUT2D eigenvalue weighted by atomic mass is 10.2. The van der Waals surface area contributed by atoms with Gasteiger partial charge in [0.25, 0.3) is 0 Å². The molecule has 4 nitrogen and oxygen atoms in total. The Bertz CT molecular complexity index is 832. The summed E-state index contributed by atoms with van der Waals surface area (Å²) in [6, 6.07) is 9.73. The lowest BCUT2D eigenvalue weighted by Crippen LogP contribution is -2.04. The van der Waals surface area contributed by atoms with E-state index in [1.165, 1.54) is 12.1 Å². The fourth-order valence-corrected chi connectivity index (χ4v) is 2.68. The summed E-state index contributed by atoms with van der Waals surface area (Å²) < 4.78 is 20.4. The summed E-state index contributed by atoms with van der Waals surface area (Å²) in [4.78, 5) is 0. The molecule has 0 saturated heterocycles. The lowest BCUT2D eigenvalue weighted by molar-refractivity contribution is 0.276. The largest absolute Gasteiger partial charge is 0.496 e. The molecule has 0 atom stereocenters. The molecule has 0 saturated carbocycles. The maximum Gasteiger partial charge on any atom is 0.124 e. The fourth-order valence-electron chi connectivity index (χ4n) is 2.49. The molecule has 0 aliphatic carbocycles. The van der Waals surface area contributed by atoms with Crippen molar-refractivity contribution >= 4 is 22.5 Å². The van der Waals surface area contributed by atoms with Gasteiger partial charge in [-0.25, -0.2) is 4.39 Å². The molecule has 1 heterocycles. The molecule has 0 bridgehead atoms. The van der Waals surface area contributed by atoms with E-state index in [1.807, 2.05) is 0 Å². The third kappa shape index (κ3) is 2.65. The van der Waals surface area contributed by atoms with Crippen molar-refractivity contribution in [2.75, 3.05) is 7.11 Å². The van der Waals surface area contributed by atoms with Gasteiger partial charge in [0.05, 0.1) is 31.5 Å². The van der Waals surface area contributed by atoms with Gasteiger partial charge in [-0.3, -0.25) is 4.68 Å². The van der Waals surface area contributed by atoms with Crippen LogP contribution >= 0.6 is 11.6 Å². The molecule has 0 aliphatic rings.